The molecule has 1 aliphatic heterocycles. The third-order valence-electron chi connectivity index (χ3n) is 4.48. The predicted octanol–water partition coefficient (Wildman–Crippen LogP) is 3.81. The molecule has 1 aliphatic rings. The van der Waals surface area contributed by atoms with Crippen LogP contribution in [0.2, 0.25) is 0 Å². The van der Waals surface area contributed by atoms with Crippen molar-refractivity contribution in [2.75, 3.05) is 31.1 Å². The monoisotopic (exact) mass is 410 g/mol. The average Bonchev–Trinajstić information content (AvgIpc) is 3.10. The Morgan fingerprint density at radius 1 is 1.07 bits per heavy atom. The second kappa shape index (κ2) is 7.01. The number of pyridine rings is 1. The van der Waals surface area contributed by atoms with Crippen LogP contribution in [0.1, 0.15) is 16.1 Å². The molecule has 3 heterocycles. The molecule has 1 aromatic carbocycles. The largest absolute Gasteiger partial charge is 0.416 e. The van der Waals surface area contributed by atoms with Crippen LogP contribution in [0.25, 0.3) is 10.2 Å². The number of hydrogen-bond acceptors (Lipinski definition) is 5. The average molecular weight is 410 g/mol. The Bertz CT molecular complexity index is 1030. The van der Waals surface area contributed by atoms with E-state index in [1.54, 1.807) is 6.07 Å². The highest BCUT2D eigenvalue weighted by molar-refractivity contribution is 7.22. The van der Waals surface area contributed by atoms with Crippen molar-refractivity contribution < 1.29 is 22.4 Å². The number of piperazine rings is 1. The standard InChI is InChI=1S/C18H14F4N4OS/c19-12-1-2-13-15(10-12)28-17(24-13)26-7-5-25(6-8-26)16(27)14-9-11(3-4-23-14)18(20,21)22/h1-4,9-10H,5-8H2. The second-order valence-corrected chi connectivity index (χ2v) is 7.32. The summed E-state index contributed by atoms with van der Waals surface area (Å²) >= 11 is 1.36. The molecule has 4 rings (SSSR count). The first-order chi connectivity index (χ1) is 13.3. The molecule has 0 saturated carbocycles. The summed E-state index contributed by atoms with van der Waals surface area (Å²) in [6, 6.07) is 6.01. The van der Waals surface area contributed by atoms with E-state index in [2.05, 4.69) is 9.97 Å². The molecule has 5 nitrogen and oxygen atoms in total. The number of rotatable bonds is 2. The minimum absolute atomic E-state index is 0.223. The Balaban J connectivity index is 1.45. The molecule has 0 N–H and O–H groups in total. The summed E-state index contributed by atoms with van der Waals surface area (Å²) in [5.74, 6) is -0.858. The van der Waals surface area contributed by atoms with Crippen molar-refractivity contribution in [1.82, 2.24) is 14.9 Å². The highest BCUT2D eigenvalue weighted by Gasteiger charge is 2.32. The van der Waals surface area contributed by atoms with Gasteiger partial charge < -0.3 is 9.80 Å². The molecule has 1 amide bonds. The molecule has 10 heteroatoms. The number of carbonyl (C=O) groups excluding carboxylic acids is 1. The van der Waals surface area contributed by atoms with E-state index in [-0.39, 0.29) is 11.5 Å². The van der Waals surface area contributed by atoms with Crippen molar-refractivity contribution in [3.8, 4) is 0 Å². The van der Waals surface area contributed by atoms with Gasteiger partial charge in [0.1, 0.15) is 11.5 Å². The third kappa shape index (κ3) is 3.64. The molecule has 0 aliphatic carbocycles. The summed E-state index contributed by atoms with van der Waals surface area (Å²) in [6.45, 7) is 1.63. The van der Waals surface area contributed by atoms with Crippen LogP contribution in [0.3, 0.4) is 0 Å². The Kier molecular flexibility index (Phi) is 4.66. The smallest absolute Gasteiger partial charge is 0.345 e. The highest BCUT2D eigenvalue weighted by Crippen LogP contribution is 2.31. The summed E-state index contributed by atoms with van der Waals surface area (Å²) in [6.07, 6.45) is -3.53. The molecular formula is C18H14F4N4OS. The maximum absolute atomic E-state index is 13.3. The first-order valence-electron chi connectivity index (χ1n) is 8.45. The van der Waals surface area contributed by atoms with Crippen molar-refractivity contribution in [2.45, 2.75) is 6.18 Å². The number of anilines is 1. The lowest BCUT2D eigenvalue weighted by atomic mass is 10.2. The molecule has 1 saturated heterocycles. The van der Waals surface area contributed by atoms with Crippen molar-refractivity contribution in [1.29, 1.82) is 0 Å². The van der Waals surface area contributed by atoms with E-state index in [9.17, 15) is 22.4 Å². The van der Waals surface area contributed by atoms with Gasteiger partial charge >= 0.3 is 6.18 Å². The molecule has 1 fully saturated rings. The third-order valence-corrected chi connectivity index (χ3v) is 5.56. The number of aromatic nitrogens is 2. The summed E-state index contributed by atoms with van der Waals surface area (Å²) in [5, 5.41) is 0.727. The molecule has 2 aromatic heterocycles. The van der Waals surface area contributed by atoms with Gasteiger partial charge in [0.05, 0.1) is 15.8 Å². The van der Waals surface area contributed by atoms with Crippen LogP contribution in [-0.4, -0.2) is 47.0 Å². The van der Waals surface area contributed by atoms with Crippen LogP contribution in [0.15, 0.2) is 36.5 Å². The van der Waals surface area contributed by atoms with Crippen molar-refractivity contribution >= 4 is 32.6 Å². The molecule has 0 bridgehead atoms. The van der Waals surface area contributed by atoms with E-state index in [0.717, 1.165) is 28.2 Å². The number of thiazole rings is 1. The van der Waals surface area contributed by atoms with E-state index < -0.39 is 17.6 Å². The number of nitrogens with zero attached hydrogens (tertiary/aromatic N) is 4. The fourth-order valence-electron chi connectivity index (χ4n) is 3.01. The van der Waals surface area contributed by atoms with Gasteiger partial charge in [0.2, 0.25) is 0 Å². The minimum Gasteiger partial charge on any atom is -0.345 e. The SMILES string of the molecule is O=C(c1cc(C(F)(F)F)ccn1)N1CCN(c2nc3ccc(F)cc3s2)CC1. The number of benzene rings is 1. The lowest BCUT2D eigenvalue weighted by Gasteiger charge is -2.34. The van der Waals surface area contributed by atoms with E-state index in [1.165, 1.54) is 28.4 Å². The number of halogens is 4. The van der Waals surface area contributed by atoms with Crippen LogP contribution >= 0.6 is 11.3 Å². The van der Waals surface area contributed by atoms with Gasteiger partial charge in [-0.15, -0.1) is 0 Å². The zero-order valence-electron chi connectivity index (χ0n) is 14.4. The Morgan fingerprint density at radius 2 is 1.82 bits per heavy atom. The minimum atomic E-state index is -4.52. The zero-order valence-corrected chi connectivity index (χ0v) is 15.2. The van der Waals surface area contributed by atoms with Gasteiger partial charge in [-0.1, -0.05) is 11.3 Å². The van der Waals surface area contributed by atoms with E-state index in [1.807, 2.05) is 4.90 Å². The maximum atomic E-state index is 13.3. The first-order valence-corrected chi connectivity index (χ1v) is 9.26. The normalized spacial score (nSPS) is 15.3. The number of hydrogen-bond donors (Lipinski definition) is 0. The topological polar surface area (TPSA) is 49.3 Å². The summed E-state index contributed by atoms with van der Waals surface area (Å²) in [7, 11) is 0. The highest BCUT2D eigenvalue weighted by atomic mass is 32.1. The van der Waals surface area contributed by atoms with Crippen LogP contribution < -0.4 is 4.90 Å². The number of amides is 1. The second-order valence-electron chi connectivity index (χ2n) is 6.32. The molecular weight excluding hydrogens is 396 g/mol. The van der Waals surface area contributed by atoms with Gasteiger partial charge in [-0.05, 0) is 30.3 Å². The molecule has 3 aromatic rings. The van der Waals surface area contributed by atoms with E-state index in [0.29, 0.717) is 31.7 Å². The summed E-state index contributed by atoms with van der Waals surface area (Å²) in [5.41, 5.74) is -0.419. The fourth-order valence-corrected chi connectivity index (χ4v) is 4.05. The summed E-state index contributed by atoms with van der Waals surface area (Å²) in [4.78, 5) is 24.3. The predicted molar refractivity (Wildman–Crippen MR) is 96.9 cm³/mol. The number of fused-ring (bicyclic) bond motifs is 1. The van der Waals surface area contributed by atoms with Crippen LogP contribution in [0.4, 0.5) is 22.7 Å². The molecule has 0 radical (unpaired) electrons. The number of alkyl halides is 3. The molecule has 0 atom stereocenters. The molecule has 146 valence electrons. The van der Waals surface area contributed by atoms with Gasteiger partial charge in [-0.2, -0.15) is 13.2 Å². The maximum Gasteiger partial charge on any atom is 0.416 e. The molecule has 0 unspecified atom stereocenters. The Hall–Kier alpha value is -2.75. The van der Waals surface area contributed by atoms with Gasteiger partial charge in [0, 0.05) is 32.4 Å². The Labute approximate surface area is 161 Å². The van der Waals surface area contributed by atoms with Crippen molar-refractivity contribution in [3.63, 3.8) is 0 Å². The van der Waals surface area contributed by atoms with E-state index >= 15 is 0 Å². The fraction of sp³-hybridized carbons (Fsp3) is 0.278. The van der Waals surface area contributed by atoms with Crippen molar-refractivity contribution in [2.24, 2.45) is 0 Å². The van der Waals surface area contributed by atoms with Gasteiger partial charge in [0.25, 0.3) is 5.91 Å². The zero-order chi connectivity index (χ0) is 19.9. The van der Waals surface area contributed by atoms with Crippen molar-refractivity contribution in [3.05, 3.63) is 53.6 Å². The Morgan fingerprint density at radius 3 is 2.54 bits per heavy atom. The van der Waals surface area contributed by atoms with Crippen LogP contribution in [-0.2, 0) is 6.18 Å². The lowest BCUT2D eigenvalue weighted by molar-refractivity contribution is -0.137. The molecule has 0 spiro atoms. The number of carbonyl (C=O) groups is 1. The van der Waals surface area contributed by atoms with Crippen LogP contribution in [0, 0.1) is 5.82 Å². The lowest BCUT2D eigenvalue weighted by Crippen LogP contribution is -2.49. The first kappa shape index (κ1) is 18.6. The van der Waals surface area contributed by atoms with Gasteiger partial charge in [-0.25, -0.2) is 9.37 Å². The molecule has 28 heavy (non-hydrogen) atoms. The van der Waals surface area contributed by atoms with Gasteiger partial charge in [0.15, 0.2) is 5.13 Å². The van der Waals surface area contributed by atoms with Gasteiger partial charge in [-0.3, -0.25) is 9.78 Å². The van der Waals surface area contributed by atoms with E-state index in [4.69, 9.17) is 0 Å². The quantitative estimate of drug-likeness (QED) is 0.603. The summed E-state index contributed by atoms with van der Waals surface area (Å²) < 4.78 is 52.6. The van der Waals surface area contributed by atoms with Crippen LogP contribution in [0.5, 0.6) is 0 Å².